The normalized spacial score (nSPS) is 11.3. The fourth-order valence-corrected chi connectivity index (χ4v) is 2.73. The maximum Gasteiger partial charge on any atom is 0.416 e. The van der Waals surface area contributed by atoms with Crippen LogP contribution in [-0.4, -0.2) is 25.7 Å². The number of hydrazine groups is 1. The predicted molar refractivity (Wildman–Crippen MR) is 102 cm³/mol. The number of aryl methyl sites for hydroxylation is 3. The Bertz CT molecular complexity index is 1150. The van der Waals surface area contributed by atoms with Gasteiger partial charge in [-0.05, 0) is 45.0 Å². The number of amides is 1. The lowest BCUT2D eigenvalue weighted by atomic mass is 10.2. The summed E-state index contributed by atoms with van der Waals surface area (Å²) in [5, 5.41) is 3.96. The minimum atomic E-state index is -4.54. The molecule has 0 aliphatic heterocycles. The molecule has 0 bridgehead atoms. The number of rotatable bonds is 4. The third-order valence-electron chi connectivity index (χ3n) is 4.01. The number of hydrogen-bond acceptors (Lipinski definition) is 6. The topological polar surface area (TPSA) is 102 Å². The highest BCUT2D eigenvalue weighted by Gasteiger charge is 2.30. The molecular formula is C19H17F3N6O2. The molecule has 0 saturated heterocycles. The number of anilines is 1. The van der Waals surface area contributed by atoms with Crippen LogP contribution in [0.4, 0.5) is 19.1 Å². The third-order valence-corrected chi connectivity index (χ3v) is 4.01. The number of halogens is 3. The van der Waals surface area contributed by atoms with Crippen LogP contribution in [-0.2, 0) is 6.18 Å². The van der Waals surface area contributed by atoms with E-state index in [2.05, 4.69) is 25.9 Å². The molecule has 2 heterocycles. The van der Waals surface area contributed by atoms with Gasteiger partial charge >= 0.3 is 6.18 Å². The van der Waals surface area contributed by atoms with Gasteiger partial charge in [-0.25, -0.2) is 14.6 Å². The molecule has 0 radical (unpaired) electrons. The van der Waals surface area contributed by atoms with Crippen molar-refractivity contribution in [1.29, 1.82) is 0 Å². The number of alkyl halides is 3. The van der Waals surface area contributed by atoms with Gasteiger partial charge < -0.3 is 0 Å². The SMILES string of the molecule is Cc1cc(C)nc(NNC(=O)c2nn(-c3cccc(C(F)(F)F)c3)c(C)cc2=O)n1. The van der Waals surface area contributed by atoms with Crippen molar-refractivity contribution >= 4 is 11.9 Å². The second-order valence-electron chi connectivity index (χ2n) is 6.51. The predicted octanol–water partition coefficient (Wildman–Crippen LogP) is 2.72. The van der Waals surface area contributed by atoms with E-state index in [9.17, 15) is 22.8 Å². The van der Waals surface area contributed by atoms with Crippen molar-refractivity contribution in [2.75, 3.05) is 5.43 Å². The first-order chi connectivity index (χ1) is 14.0. The lowest BCUT2D eigenvalue weighted by Crippen LogP contribution is -2.36. The summed E-state index contributed by atoms with van der Waals surface area (Å²) < 4.78 is 40.1. The van der Waals surface area contributed by atoms with Crippen LogP contribution in [0.5, 0.6) is 0 Å². The molecule has 156 valence electrons. The van der Waals surface area contributed by atoms with Crippen LogP contribution in [0.15, 0.2) is 41.2 Å². The summed E-state index contributed by atoms with van der Waals surface area (Å²) in [6.07, 6.45) is -4.54. The summed E-state index contributed by atoms with van der Waals surface area (Å²) in [4.78, 5) is 32.9. The fraction of sp³-hybridized carbons (Fsp3) is 0.211. The molecule has 0 fully saturated rings. The average Bonchev–Trinajstić information content (AvgIpc) is 2.65. The maximum atomic E-state index is 13.0. The molecular weight excluding hydrogens is 401 g/mol. The molecule has 0 unspecified atom stereocenters. The quantitative estimate of drug-likeness (QED) is 0.632. The molecule has 1 aromatic carbocycles. The number of hydrogen-bond donors (Lipinski definition) is 2. The molecule has 11 heteroatoms. The van der Waals surface area contributed by atoms with Gasteiger partial charge in [0.05, 0.1) is 11.3 Å². The summed E-state index contributed by atoms with van der Waals surface area (Å²) in [6, 6.07) is 7.27. The van der Waals surface area contributed by atoms with E-state index in [0.29, 0.717) is 11.4 Å². The van der Waals surface area contributed by atoms with Gasteiger partial charge in [-0.15, -0.1) is 0 Å². The number of nitrogens with zero attached hydrogens (tertiary/aromatic N) is 4. The number of nitrogens with one attached hydrogen (secondary N) is 2. The standard InChI is InChI=1S/C19H17F3N6O2/c1-10-7-11(2)24-18(23-10)26-25-17(30)16-15(29)8-12(3)28(27-16)14-6-4-5-13(9-14)19(20,21)22/h4-9H,1-3H3,(H,25,30)(H,23,24,26). The fourth-order valence-electron chi connectivity index (χ4n) is 2.73. The van der Waals surface area contributed by atoms with E-state index in [1.807, 2.05) is 0 Å². The smallest absolute Gasteiger partial charge is 0.287 e. The molecule has 0 spiro atoms. The van der Waals surface area contributed by atoms with Crippen LogP contribution in [0.25, 0.3) is 5.69 Å². The van der Waals surface area contributed by atoms with E-state index in [0.717, 1.165) is 22.9 Å². The van der Waals surface area contributed by atoms with Crippen LogP contribution in [0.2, 0.25) is 0 Å². The second kappa shape index (κ2) is 7.93. The van der Waals surface area contributed by atoms with Crippen molar-refractivity contribution in [3.8, 4) is 5.69 Å². The zero-order valence-electron chi connectivity index (χ0n) is 16.2. The van der Waals surface area contributed by atoms with Crippen molar-refractivity contribution in [1.82, 2.24) is 25.2 Å². The summed E-state index contributed by atoms with van der Waals surface area (Å²) in [6.45, 7) is 4.99. The largest absolute Gasteiger partial charge is 0.416 e. The summed E-state index contributed by atoms with van der Waals surface area (Å²) in [7, 11) is 0. The first-order valence-corrected chi connectivity index (χ1v) is 8.72. The van der Waals surface area contributed by atoms with E-state index < -0.39 is 28.8 Å². The zero-order chi connectivity index (χ0) is 22.1. The molecule has 0 saturated carbocycles. The van der Waals surface area contributed by atoms with Gasteiger partial charge in [-0.2, -0.15) is 18.3 Å². The van der Waals surface area contributed by atoms with Gasteiger partial charge in [-0.1, -0.05) is 6.07 Å². The molecule has 2 N–H and O–H groups in total. The van der Waals surface area contributed by atoms with Gasteiger partial charge in [0.1, 0.15) is 0 Å². The van der Waals surface area contributed by atoms with Crippen LogP contribution in [0, 0.1) is 20.8 Å². The molecule has 1 amide bonds. The van der Waals surface area contributed by atoms with Gasteiger partial charge in [0.25, 0.3) is 5.91 Å². The van der Waals surface area contributed by atoms with E-state index in [1.54, 1.807) is 19.9 Å². The lowest BCUT2D eigenvalue weighted by Gasteiger charge is -2.14. The van der Waals surface area contributed by atoms with Crippen molar-refractivity contribution in [2.45, 2.75) is 26.9 Å². The van der Waals surface area contributed by atoms with E-state index in [4.69, 9.17) is 0 Å². The summed E-state index contributed by atoms with van der Waals surface area (Å²) in [5.74, 6) is -0.769. The molecule has 3 rings (SSSR count). The van der Waals surface area contributed by atoms with Crippen LogP contribution < -0.4 is 16.3 Å². The van der Waals surface area contributed by atoms with E-state index in [-0.39, 0.29) is 17.3 Å². The molecule has 8 nitrogen and oxygen atoms in total. The Morgan fingerprint density at radius 3 is 2.33 bits per heavy atom. The maximum absolute atomic E-state index is 13.0. The molecule has 0 aliphatic rings. The number of aromatic nitrogens is 4. The Balaban J connectivity index is 1.91. The first-order valence-electron chi connectivity index (χ1n) is 8.72. The molecule has 30 heavy (non-hydrogen) atoms. The van der Waals surface area contributed by atoms with Crippen molar-refractivity contribution in [3.05, 3.63) is 75.0 Å². The van der Waals surface area contributed by atoms with Gasteiger partial charge in [-0.3, -0.25) is 20.4 Å². The first kappa shape index (κ1) is 21.0. The second-order valence-corrected chi connectivity index (χ2v) is 6.51. The van der Waals surface area contributed by atoms with Crippen LogP contribution in [0.1, 0.15) is 33.1 Å². The minimum Gasteiger partial charge on any atom is -0.287 e. The summed E-state index contributed by atoms with van der Waals surface area (Å²) >= 11 is 0. The molecule has 0 atom stereocenters. The Morgan fingerprint density at radius 2 is 1.70 bits per heavy atom. The minimum absolute atomic E-state index is 0.0574. The zero-order valence-corrected chi connectivity index (χ0v) is 16.2. The van der Waals surface area contributed by atoms with Crippen molar-refractivity contribution in [3.63, 3.8) is 0 Å². The molecule has 3 aromatic rings. The van der Waals surface area contributed by atoms with Crippen molar-refractivity contribution < 1.29 is 18.0 Å². The molecule has 0 aliphatic carbocycles. The Hall–Kier alpha value is -3.76. The third kappa shape index (κ3) is 4.62. The Kier molecular flexibility index (Phi) is 5.54. The highest BCUT2D eigenvalue weighted by Crippen LogP contribution is 2.30. The average molecular weight is 418 g/mol. The highest BCUT2D eigenvalue weighted by atomic mass is 19.4. The number of benzene rings is 1. The van der Waals surface area contributed by atoms with E-state index in [1.165, 1.54) is 19.1 Å². The van der Waals surface area contributed by atoms with Crippen LogP contribution >= 0.6 is 0 Å². The van der Waals surface area contributed by atoms with Gasteiger partial charge in [0, 0.05) is 23.1 Å². The van der Waals surface area contributed by atoms with E-state index >= 15 is 0 Å². The van der Waals surface area contributed by atoms with Crippen LogP contribution in [0.3, 0.4) is 0 Å². The Labute approximate surface area is 168 Å². The number of carbonyl (C=O) groups excluding carboxylic acids is 1. The van der Waals surface area contributed by atoms with Crippen molar-refractivity contribution in [2.24, 2.45) is 0 Å². The lowest BCUT2D eigenvalue weighted by molar-refractivity contribution is -0.137. The van der Waals surface area contributed by atoms with Gasteiger partial charge in [0.15, 0.2) is 5.69 Å². The summed E-state index contributed by atoms with van der Waals surface area (Å²) in [5.41, 5.74) is 4.36. The molecule has 2 aromatic heterocycles. The Morgan fingerprint density at radius 1 is 1.03 bits per heavy atom. The van der Waals surface area contributed by atoms with Gasteiger partial charge in [0.2, 0.25) is 11.4 Å². The highest BCUT2D eigenvalue weighted by molar-refractivity contribution is 5.92. The monoisotopic (exact) mass is 418 g/mol. The number of carbonyl (C=O) groups is 1.